The van der Waals surface area contributed by atoms with Crippen LogP contribution in [0.1, 0.15) is 23.3 Å². The van der Waals surface area contributed by atoms with E-state index in [0.29, 0.717) is 0 Å². The summed E-state index contributed by atoms with van der Waals surface area (Å²) >= 11 is 0. The maximum absolute atomic E-state index is 11.8. The molecule has 0 atom stereocenters. The molecule has 0 radical (unpaired) electrons. The number of hydrogen-bond donors (Lipinski definition) is 4. The summed E-state index contributed by atoms with van der Waals surface area (Å²) < 4.78 is 0. The lowest BCUT2D eigenvalue weighted by molar-refractivity contribution is 0.0692. The van der Waals surface area contributed by atoms with Gasteiger partial charge in [-0.25, -0.2) is 14.6 Å². The van der Waals surface area contributed by atoms with E-state index in [2.05, 4.69) is 20.9 Å². The van der Waals surface area contributed by atoms with Gasteiger partial charge in [0.2, 0.25) is 0 Å². The smallest absolute Gasteiger partial charge is 0.356 e. The molecule has 1 aromatic rings. The molecule has 1 aliphatic rings. The largest absolute Gasteiger partial charge is 0.476 e. The number of carbonyl (C=O) groups is 2. The van der Waals surface area contributed by atoms with E-state index in [4.69, 9.17) is 5.11 Å². The normalized spacial score (nSPS) is 15.8. The SMILES string of the molecule is O=C(Nc1cccnc1C(=O)O)NC1CCNCC1. The standard InChI is InChI=1S/C12H16N4O3/c17-11(18)10-9(2-1-5-14-10)16-12(19)15-8-3-6-13-7-4-8/h1-2,5,8,13H,3-4,6-7H2,(H,17,18)(H2,15,16,19). The molecule has 19 heavy (non-hydrogen) atoms. The van der Waals surface area contributed by atoms with Crippen LogP contribution in [0, 0.1) is 0 Å². The van der Waals surface area contributed by atoms with Crippen LogP contribution in [0.2, 0.25) is 0 Å². The number of anilines is 1. The average Bonchev–Trinajstić information content (AvgIpc) is 2.40. The van der Waals surface area contributed by atoms with Crippen molar-refractivity contribution >= 4 is 17.7 Å². The number of rotatable bonds is 3. The number of nitrogens with one attached hydrogen (secondary N) is 3. The lowest BCUT2D eigenvalue weighted by Gasteiger charge is -2.23. The molecule has 0 aromatic carbocycles. The number of amides is 2. The maximum atomic E-state index is 11.8. The second-order valence-corrected chi connectivity index (χ2v) is 4.33. The Kier molecular flexibility index (Phi) is 4.30. The molecule has 102 valence electrons. The lowest BCUT2D eigenvalue weighted by atomic mass is 10.1. The van der Waals surface area contributed by atoms with Crippen molar-refractivity contribution in [3.05, 3.63) is 24.0 Å². The molecule has 2 heterocycles. The molecule has 1 aromatic heterocycles. The highest BCUT2D eigenvalue weighted by Crippen LogP contribution is 2.12. The van der Waals surface area contributed by atoms with Gasteiger partial charge in [-0.3, -0.25) is 0 Å². The van der Waals surface area contributed by atoms with Gasteiger partial charge < -0.3 is 21.1 Å². The number of carboxylic acid groups (broad SMARTS) is 1. The van der Waals surface area contributed by atoms with Crippen LogP contribution in [0.25, 0.3) is 0 Å². The van der Waals surface area contributed by atoms with Crippen molar-refractivity contribution in [2.45, 2.75) is 18.9 Å². The van der Waals surface area contributed by atoms with Crippen LogP contribution < -0.4 is 16.0 Å². The minimum Gasteiger partial charge on any atom is -0.476 e. The molecule has 7 nitrogen and oxygen atoms in total. The molecule has 7 heteroatoms. The van der Waals surface area contributed by atoms with Crippen molar-refractivity contribution < 1.29 is 14.7 Å². The van der Waals surface area contributed by atoms with E-state index in [-0.39, 0.29) is 17.4 Å². The Balaban J connectivity index is 1.96. The Bertz CT molecular complexity index is 472. The number of hydrogen-bond acceptors (Lipinski definition) is 4. The van der Waals surface area contributed by atoms with E-state index < -0.39 is 12.0 Å². The quantitative estimate of drug-likeness (QED) is 0.642. The van der Waals surface area contributed by atoms with Gasteiger partial charge in [0.15, 0.2) is 5.69 Å². The van der Waals surface area contributed by atoms with Gasteiger partial charge in [-0.15, -0.1) is 0 Å². The van der Waals surface area contributed by atoms with Crippen LogP contribution in [0.15, 0.2) is 18.3 Å². The predicted octanol–water partition coefficient (Wildman–Crippen LogP) is 0.653. The fraction of sp³-hybridized carbons (Fsp3) is 0.417. The van der Waals surface area contributed by atoms with Gasteiger partial charge in [-0.2, -0.15) is 0 Å². The fourth-order valence-corrected chi connectivity index (χ4v) is 1.99. The monoisotopic (exact) mass is 264 g/mol. The summed E-state index contributed by atoms with van der Waals surface area (Å²) in [5, 5.41) is 17.5. The van der Waals surface area contributed by atoms with Crippen molar-refractivity contribution in [1.29, 1.82) is 0 Å². The van der Waals surface area contributed by atoms with E-state index in [0.717, 1.165) is 25.9 Å². The van der Waals surface area contributed by atoms with Crippen LogP contribution in [-0.4, -0.2) is 41.2 Å². The molecule has 1 aliphatic heterocycles. The summed E-state index contributed by atoms with van der Waals surface area (Å²) in [5.41, 5.74) is 0.0318. The summed E-state index contributed by atoms with van der Waals surface area (Å²) in [7, 11) is 0. The third-order valence-corrected chi connectivity index (χ3v) is 2.93. The zero-order valence-corrected chi connectivity index (χ0v) is 10.3. The van der Waals surface area contributed by atoms with Gasteiger partial charge in [0.25, 0.3) is 0 Å². The van der Waals surface area contributed by atoms with E-state index in [1.807, 2.05) is 0 Å². The van der Waals surface area contributed by atoms with Gasteiger partial charge in [-0.1, -0.05) is 0 Å². The minimum atomic E-state index is -1.17. The molecule has 0 aliphatic carbocycles. The van der Waals surface area contributed by atoms with E-state index in [9.17, 15) is 9.59 Å². The van der Waals surface area contributed by atoms with Gasteiger partial charge >= 0.3 is 12.0 Å². The number of piperidine rings is 1. The number of pyridine rings is 1. The number of urea groups is 1. The predicted molar refractivity (Wildman–Crippen MR) is 69.2 cm³/mol. The molecular formula is C12H16N4O3. The van der Waals surface area contributed by atoms with Gasteiger partial charge in [0.05, 0.1) is 5.69 Å². The Morgan fingerprint density at radius 1 is 1.37 bits per heavy atom. The molecule has 1 fully saturated rings. The molecule has 0 bridgehead atoms. The maximum Gasteiger partial charge on any atom is 0.356 e. The summed E-state index contributed by atoms with van der Waals surface area (Å²) in [4.78, 5) is 26.5. The topological polar surface area (TPSA) is 103 Å². The van der Waals surface area contributed by atoms with Crippen molar-refractivity contribution in [3.8, 4) is 0 Å². The van der Waals surface area contributed by atoms with Crippen molar-refractivity contribution in [3.63, 3.8) is 0 Å². The zero-order valence-electron chi connectivity index (χ0n) is 10.3. The molecule has 4 N–H and O–H groups in total. The highest BCUT2D eigenvalue weighted by Gasteiger charge is 2.17. The molecule has 1 saturated heterocycles. The average molecular weight is 264 g/mol. The van der Waals surface area contributed by atoms with Crippen molar-refractivity contribution in [2.75, 3.05) is 18.4 Å². The number of aromatic carboxylic acids is 1. The highest BCUT2D eigenvalue weighted by atomic mass is 16.4. The molecule has 0 unspecified atom stereocenters. The Morgan fingerprint density at radius 3 is 2.79 bits per heavy atom. The van der Waals surface area contributed by atoms with Gasteiger partial charge in [0, 0.05) is 12.2 Å². The number of aromatic nitrogens is 1. The minimum absolute atomic E-state index is 0.117. The zero-order chi connectivity index (χ0) is 13.7. The summed E-state index contributed by atoms with van der Waals surface area (Å²) in [6, 6.07) is 2.80. The molecule has 0 saturated carbocycles. The van der Waals surface area contributed by atoms with Crippen molar-refractivity contribution in [1.82, 2.24) is 15.6 Å². The Labute approximate surface area is 110 Å². The van der Waals surface area contributed by atoms with Crippen LogP contribution in [-0.2, 0) is 0 Å². The molecule has 0 spiro atoms. The number of nitrogens with zero attached hydrogens (tertiary/aromatic N) is 1. The summed E-state index contributed by atoms with van der Waals surface area (Å²) in [6.45, 7) is 1.75. The van der Waals surface area contributed by atoms with E-state index >= 15 is 0 Å². The van der Waals surface area contributed by atoms with Gasteiger partial charge in [-0.05, 0) is 38.1 Å². The second kappa shape index (κ2) is 6.14. The van der Waals surface area contributed by atoms with Crippen LogP contribution >= 0.6 is 0 Å². The van der Waals surface area contributed by atoms with Gasteiger partial charge in [0.1, 0.15) is 0 Å². The van der Waals surface area contributed by atoms with Crippen LogP contribution in [0.4, 0.5) is 10.5 Å². The molecule has 2 amide bonds. The first-order chi connectivity index (χ1) is 9.16. The molecule has 2 rings (SSSR count). The van der Waals surface area contributed by atoms with Crippen LogP contribution in [0.3, 0.4) is 0 Å². The lowest BCUT2D eigenvalue weighted by Crippen LogP contribution is -2.44. The van der Waals surface area contributed by atoms with Crippen LogP contribution in [0.5, 0.6) is 0 Å². The first-order valence-corrected chi connectivity index (χ1v) is 6.13. The van der Waals surface area contributed by atoms with E-state index in [1.54, 1.807) is 6.07 Å². The third kappa shape index (κ3) is 3.65. The highest BCUT2D eigenvalue weighted by molar-refractivity contribution is 5.98. The fourth-order valence-electron chi connectivity index (χ4n) is 1.99. The molecular weight excluding hydrogens is 248 g/mol. The van der Waals surface area contributed by atoms with E-state index in [1.165, 1.54) is 12.3 Å². The Morgan fingerprint density at radius 2 is 2.11 bits per heavy atom. The number of carboxylic acids is 1. The summed E-state index contributed by atoms with van der Waals surface area (Å²) in [6.07, 6.45) is 3.11. The second-order valence-electron chi connectivity index (χ2n) is 4.33. The Hall–Kier alpha value is -2.15. The number of carbonyl (C=O) groups excluding carboxylic acids is 1. The first kappa shape index (κ1) is 13.3. The summed E-state index contributed by atoms with van der Waals surface area (Å²) in [5.74, 6) is -1.17. The first-order valence-electron chi connectivity index (χ1n) is 6.13. The van der Waals surface area contributed by atoms with Crippen molar-refractivity contribution in [2.24, 2.45) is 0 Å². The third-order valence-electron chi connectivity index (χ3n) is 2.93.